The van der Waals surface area contributed by atoms with E-state index in [0.717, 1.165) is 30.6 Å². The van der Waals surface area contributed by atoms with Crippen molar-refractivity contribution in [1.29, 1.82) is 0 Å². The molecule has 0 radical (unpaired) electrons. The Morgan fingerprint density at radius 2 is 1.82 bits per heavy atom. The molecule has 1 aliphatic rings. The maximum atomic E-state index is 15.2. The molecule has 1 fully saturated rings. The number of ketones is 1. The molecule has 13 heteroatoms. The quantitative estimate of drug-likeness (QED) is 0.229. The molecule has 4 heterocycles. The fourth-order valence-electron chi connectivity index (χ4n) is 5.14. The second-order valence-electron chi connectivity index (χ2n) is 10.3. The van der Waals surface area contributed by atoms with Gasteiger partial charge in [0.25, 0.3) is 5.56 Å². The third kappa shape index (κ3) is 6.19. The van der Waals surface area contributed by atoms with Crippen LogP contribution in [0, 0.1) is 11.6 Å². The number of carbonyl (C=O) groups excluding carboxylic acids is 1. The summed E-state index contributed by atoms with van der Waals surface area (Å²) >= 11 is 0. The van der Waals surface area contributed by atoms with Gasteiger partial charge in [-0.1, -0.05) is 6.07 Å². The van der Waals surface area contributed by atoms with E-state index in [4.69, 9.17) is 9.47 Å². The first-order chi connectivity index (χ1) is 21.4. The second kappa shape index (κ2) is 12.7. The van der Waals surface area contributed by atoms with Crippen LogP contribution < -0.4 is 15.0 Å². The van der Waals surface area contributed by atoms with Crippen LogP contribution in [0.2, 0.25) is 0 Å². The Bertz CT molecular complexity index is 1850. The van der Waals surface area contributed by atoms with Crippen molar-refractivity contribution in [1.82, 2.24) is 29.9 Å². The van der Waals surface area contributed by atoms with Crippen LogP contribution in [0.15, 0.2) is 71.8 Å². The summed E-state index contributed by atoms with van der Waals surface area (Å²) in [7, 11) is 0. The highest BCUT2D eigenvalue weighted by atomic mass is 19.1. The van der Waals surface area contributed by atoms with Crippen molar-refractivity contribution in [3.8, 4) is 23.1 Å². The van der Waals surface area contributed by atoms with Crippen molar-refractivity contribution in [2.24, 2.45) is 0 Å². The minimum absolute atomic E-state index is 0.0827. The highest BCUT2D eigenvalue weighted by Crippen LogP contribution is 2.36. The van der Waals surface area contributed by atoms with Crippen LogP contribution in [0.25, 0.3) is 16.7 Å². The van der Waals surface area contributed by atoms with Crippen molar-refractivity contribution in [2.75, 3.05) is 26.2 Å². The van der Waals surface area contributed by atoms with E-state index >= 15 is 4.39 Å². The summed E-state index contributed by atoms with van der Waals surface area (Å²) in [6.07, 6.45) is 4.01. The van der Waals surface area contributed by atoms with E-state index < -0.39 is 23.0 Å². The predicted molar refractivity (Wildman–Crippen MR) is 155 cm³/mol. The smallest absolute Gasteiger partial charge is 0.282 e. The van der Waals surface area contributed by atoms with Crippen molar-refractivity contribution >= 4 is 16.8 Å². The normalized spacial score (nSPS) is 14.2. The molecule has 0 bridgehead atoms. The van der Waals surface area contributed by atoms with E-state index in [1.807, 2.05) is 0 Å². The number of aliphatic hydroxyl groups excluding tert-OH is 1. The Morgan fingerprint density at radius 1 is 1.02 bits per heavy atom. The molecule has 1 aliphatic heterocycles. The number of carbonyl (C=O) groups is 1. The molecule has 2 aromatic carbocycles. The zero-order chi connectivity index (χ0) is 30.6. The van der Waals surface area contributed by atoms with Gasteiger partial charge < -0.3 is 19.5 Å². The molecule has 226 valence electrons. The molecule has 0 aliphatic carbocycles. The van der Waals surface area contributed by atoms with Gasteiger partial charge in [-0.2, -0.15) is 9.78 Å². The van der Waals surface area contributed by atoms with Gasteiger partial charge in [0.2, 0.25) is 5.88 Å². The minimum atomic E-state index is -0.707. The number of aliphatic hydroxyl groups is 1. The summed E-state index contributed by atoms with van der Waals surface area (Å²) in [4.78, 5) is 32.4. The minimum Gasteiger partial charge on any atom is -0.473 e. The predicted octanol–water partition coefficient (Wildman–Crippen LogP) is 3.84. The number of pyridine rings is 1. The van der Waals surface area contributed by atoms with Gasteiger partial charge in [0.1, 0.15) is 23.1 Å². The molecule has 3 aromatic heterocycles. The van der Waals surface area contributed by atoms with Crippen LogP contribution in [-0.4, -0.2) is 73.1 Å². The number of Topliss-reactive ketones (excluding diaryl/α,β-unsaturated/α-hetero) is 1. The molecule has 2 N–H and O–H groups in total. The number of nitrogens with zero attached hydrogens (tertiary/aromatic N) is 5. The van der Waals surface area contributed by atoms with Gasteiger partial charge >= 0.3 is 0 Å². The van der Waals surface area contributed by atoms with Crippen LogP contribution >= 0.6 is 0 Å². The molecular formula is C31H28F2N6O5. The number of H-pyrrole nitrogens is 1. The zero-order valence-electron chi connectivity index (χ0n) is 23.5. The van der Waals surface area contributed by atoms with E-state index in [1.165, 1.54) is 54.9 Å². The standard InChI is InChI=1S/C31H28F2N6O5/c32-20-2-4-21(5-3-20)39-31(42)23(7-12-35-39)25(41)18-19-1-6-26(24(33)17-19)44-27-8-11-34-29-28(27)30(37-36-29)43-22-9-13-38(14-10-22)15-16-40/h1-8,11-12,17,22,40H,9-10,13-16,18H2,(H,34,36,37). The molecule has 1 saturated heterocycles. The lowest BCUT2D eigenvalue weighted by Crippen LogP contribution is -2.39. The van der Waals surface area contributed by atoms with Gasteiger partial charge in [-0.15, -0.1) is 5.10 Å². The second-order valence-corrected chi connectivity index (χ2v) is 10.3. The average Bonchev–Trinajstić information content (AvgIpc) is 3.44. The van der Waals surface area contributed by atoms with Crippen molar-refractivity contribution in [3.63, 3.8) is 0 Å². The van der Waals surface area contributed by atoms with E-state index in [1.54, 1.807) is 12.1 Å². The molecule has 5 aromatic rings. The van der Waals surface area contributed by atoms with Crippen LogP contribution in [-0.2, 0) is 6.42 Å². The molecular weight excluding hydrogens is 574 g/mol. The molecule has 11 nitrogen and oxygen atoms in total. The highest BCUT2D eigenvalue weighted by Gasteiger charge is 2.24. The lowest BCUT2D eigenvalue weighted by molar-refractivity contribution is 0.0867. The maximum Gasteiger partial charge on any atom is 0.282 e. The Hall–Kier alpha value is -5.01. The summed E-state index contributed by atoms with van der Waals surface area (Å²) in [6.45, 7) is 2.32. The van der Waals surface area contributed by atoms with Gasteiger partial charge in [0, 0.05) is 44.5 Å². The number of hydrogen-bond acceptors (Lipinski definition) is 9. The van der Waals surface area contributed by atoms with Crippen LogP contribution in [0.3, 0.4) is 0 Å². The number of aromatic nitrogens is 5. The van der Waals surface area contributed by atoms with Crippen molar-refractivity contribution in [2.45, 2.75) is 25.4 Å². The summed E-state index contributed by atoms with van der Waals surface area (Å²) in [5.74, 6) is -1.20. The molecule has 0 spiro atoms. The first kappa shape index (κ1) is 29.1. The third-order valence-corrected chi connectivity index (χ3v) is 7.42. The molecule has 44 heavy (non-hydrogen) atoms. The van der Waals surface area contributed by atoms with Gasteiger partial charge in [-0.3, -0.25) is 14.7 Å². The Balaban J connectivity index is 1.17. The SMILES string of the molecule is O=C(Cc1ccc(Oc2ccnc3[nH]nc(OC4CCN(CCO)CC4)c23)c(F)c1)c1ccnn(-c2ccc(F)cc2)c1=O. The van der Waals surface area contributed by atoms with E-state index in [2.05, 4.69) is 25.2 Å². The number of aromatic amines is 1. The fraction of sp³-hybridized carbons (Fsp3) is 0.258. The number of ether oxygens (including phenoxy) is 2. The number of hydrogen-bond donors (Lipinski definition) is 2. The third-order valence-electron chi connectivity index (χ3n) is 7.42. The number of piperidine rings is 1. The largest absolute Gasteiger partial charge is 0.473 e. The van der Waals surface area contributed by atoms with Gasteiger partial charge in [0.05, 0.1) is 17.9 Å². The van der Waals surface area contributed by atoms with Crippen LogP contribution in [0.1, 0.15) is 28.8 Å². The van der Waals surface area contributed by atoms with Crippen LogP contribution in [0.5, 0.6) is 17.4 Å². The number of rotatable bonds is 10. The number of benzene rings is 2. The lowest BCUT2D eigenvalue weighted by Gasteiger charge is -2.31. The number of β-amino-alcohol motifs (C(OH)–C–C–N with tert-alkyl or cyclic N) is 1. The number of halogens is 2. The molecule has 0 atom stereocenters. The molecule has 0 unspecified atom stereocenters. The Labute approximate surface area is 249 Å². The van der Waals surface area contributed by atoms with Gasteiger partial charge in [-0.05, 0) is 60.9 Å². The summed E-state index contributed by atoms with van der Waals surface area (Å²) < 4.78 is 41.7. The van der Waals surface area contributed by atoms with Crippen molar-refractivity contribution in [3.05, 3.63) is 100 Å². The van der Waals surface area contributed by atoms with E-state index in [9.17, 15) is 19.1 Å². The number of fused-ring (bicyclic) bond motifs is 1. The summed E-state index contributed by atoms with van der Waals surface area (Å²) in [5.41, 5.74) is 0.264. The average molecular weight is 603 g/mol. The summed E-state index contributed by atoms with van der Waals surface area (Å²) in [5, 5.41) is 20.7. The molecule has 0 amide bonds. The zero-order valence-corrected chi connectivity index (χ0v) is 23.5. The van der Waals surface area contributed by atoms with Crippen LogP contribution in [0.4, 0.5) is 8.78 Å². The first-order valence-electron chi connectivity index (χ1n) is 14.1. The van der Waals surface area contributed by atoms with Crippen molar-refractivity contribution < 1.29 is 28.2 Å². The van der Waals surface area contributed by atoms with Gasteiger partial charge in [0.15, 0.2) is 23.0 Å². The molecule has 6 rings (SSSR count). The topological polar surface area (TPSA) is 135 Å². The first-order valence-corrected chi connectivity index (χ1v) is 14.1. The Morgan fingerprint density at radius 3 is 2.57 bits per heavy atom. The van der Waals surface area contributed by atoms with E-state index in [0.29, 0.717) is 34.7 Å². The number of likely N-dealkylation sites (tertiary alicyclic amines) is 1. The van der Waals surface area contributed by atoms with E-state index in [-0.39, 0.29) is 36.2 Å². The highest BCUT2D eigenvalue weighted by molar-refractivity contribution is 5.97. The fourth-order valence-corrected chi connectivity index (χ4v) is 5.14. The molecule has 0 saturated carbocycles. The van der Waals surface area contributed by atoms with Gasteiger partial charge in [-0.25, -0.2) is 13.8 Å². The monoisotopic (exact) mass is 602 g/mol. The Kier molecular flexibility index (Phi) is 8.39. The summed E-state index contributed by atoms with van der Waals surface area (Å²) in [6, 6.07) is 12.1. The lowest BCUT2D eigenvalue weighted by atomic mass is 10.0. The maximum absolute atomic E-state index is 15.2. The number of nitrogens with one attached hydrogen (secondary N) is 1.